The van der Waals surface area contributed by atoms with Crippen molar-refractivity contribution in [3.8, 4) is 28.7 Å². The molecule has 3 N–H and O–H groups in total. The summed E-state index contributed by atoms with van der Waals surface area (Å²) >= 11 is 0. The predicted octanol–water partition coefficient (Wildman–Crippen LogP) is 7.38. The molecule has 0 bridgehead atoms. The Labute approximate surface area is 342 Å². The van der Waals surface area contributed by atoms with E-state index in [2.05, 4.69) is 12.7 Å². The topological polar surface area (TPSA) is 192 Å². The van der Waals surface area contributed by atoms with Crippen molar-refractivity contribution in [1.29, 1.82) is 0 Å². The Morgan fingerprint density at radius 3 is 2.49 bits per heavy atom. The van der Waals surface area contributed by atoms with Crippen molar-refractivity contribution >= 4 is 17.5 Å². The number of nitro benzene ring substituents is 1. The summed E-state index contributed by atoms with van der Waals surface area (Å²) < 4.78 is 31.4. The Hall–Kier alpha value is -5.64. The van der Waals surface area contributed by atoms with E-state index in [4.69, 9.17) is 33.7 Å². The summed E-state index contributed by atoms with van der Waals surface area (Å²) in [4.78, 5) is 33.1. The van der Waals surface area contributed by atoms with Gasteiger partial charge in [-0.05, 0) is 98.0 Å². The van der Waals surface area contributed by atoms with Gasteiger partial charge in [-0.2, -0.15) is 0 Å². The summed E-state index contributed by atoms with van der Waals surface area (Å²) in [5.41, 5.74) is 2.75. The van der Waals surface area contributed by atoms with E-state index in [1.54, 1.807) is 36.4 Å². The standard InChI is InChI=1S/C44H51N3O12/c1-3-21-56-44-40(46(26-28-11-17-38-39(22-28)55-27-54-38)43(51)58-32-15-12-30(13-16-32)47(52)53)25-36(45-57-4-2)34-23-29(9-5-7-19-48)33(10-6-8-20-49)41(42(34)44)35-24-31(50)14-18-37(35)59-44/h3,11-18,22-24,29,33,40-42,48-50H,1,4-10,19-21,25-27H2,2H3. The van der Waals surface area contributed by atoms with E-state index in [0.717, 1.165) is 36.8 Å². The van der Waals surface area contributed by atoms with Gasteiger partial charge in [0.15, 0.2) is 11.5 Å². The smallest absolute Gasteiger partial charge is 0.416 e. The Morgan fingerprint density at radius 1 is 1.02 bits per heavy atom. The number of non-ortho nitro benzene ring substituents is 1. The second-order valence-corrected chi connectivity index (χ2v) is 15.1. The first-order valence-corrected chi connectivity index (χ1v) is 20.2. The molecule has 15 nitrogen and oxygen atoms in total. The number of aliphatic hydroxyl groups excluding tert-OH is 2. The Bertz CT molecular complexity index is 2050. The van der Waals surface area contributed by atoms with Gasteiger partial charge in [-0.25, -0.2) is 4.79 Å². The second kappa shape index (κ2) is 18.5. The maximum absolute atomic E-state index is 14.9. The highest BCUT2D eigenvalue weighted by Gasteiger charge is 2.65. The number of hydrogen-bond acceptors (Lipinski definition) is 13. The van der Waals surface area contributed by atoms with E-state index < -0.39 is 28.8 Å². The number of rotatable bonds is 18. The van der Waals surface area contributed by atoms with Crippen LogP contribution in [0, 0.1) is 27.9 Å². The molecule has 1 amide bonds. The number of nitro groups is 1. The van der Waals surface area contributed by atoms with Gasteiger partial charge in [-0.1, -0.05) is 36.2 Å². The lowest BCUT2D eigenvalue weighted by Crippen LogP contribution is -2.70. The molecule has 0 spiro atoms. The number of amides is 1. The molecule has 1 fully saturated rings. The quantitative estimate of drug-likeness (QED) is 0.0500. The molecule has 7 rings (SSSR count). The molecule has 3 aromatic rings. The van der Waals surface area contributed by atoms with Gasteiger partial charge in [0.05, 0.1) is 23.2 Å². The van der Waals surface area contributed by atoms with Crippen molar-refractivity contribution in [3.05, 3.63) is 106 Å². The maximum Gasteiger partial charge on any atom is 0.416 e. The molecular formula is C44H51N3O12. The molecular weight excluding hydrogens is 762 g/mol. The minimum absolute atomic E-state index is 0.0137. The minimum atomic E-state index is -1.59. The van der Waals surface area contributed by atoms with Gasteiger partial charge >= 0.3 is 6.09 Å². The molecule has 0 radical (unpaired) electrons. The van der Waals surface area contributed by atoms with Gasteiger partial charge in [-0.15, -0.1) is 6.58 Å². The zero-order valence-electron chi connectivity index (χ0n) is 33.1. The van der Waals surface area contributed by atoms with Crippen molar-refractivity contribution in [2.75, 3.05) is 33.2 Å². The first-order chi connectivity index (χ1) is 28.7. The van der Waals surface area contributed by atoms with Crippen LogP contribution in [0.25, 0.3) is 0 Å². The highest BCUT2D eigenvalue weighted by atomic mass is 16.7. The molecule has 3 aromatic carbocycles. The van der Waals surface area contributed by atoms with Gasteiger partial charge in [0, 0.05) is 49.8 Å². The first-order valence-electron chi connectivity index (χ1n) is 20.2. The van der Waals surface area contributed by atoms with Crippen molar-refractivity contribution < 1.29 is 53.6 Å². The van der Waals surface area contributed by atoms with Crippen LogP contribution in [0.2, 0.25) is 0 Å². The van der Waals surface area contributed by atoms with Crippen molar-refractivity contribution in [1.82, 2.24) is 4.90 Å². The fourth-order valence-corrected chi connectivity index (χ4v) is 9.13. The normalized spacial score (nSPS) is 24.3. The van der Waals surface area contributed by atoms with E-state index >= 15 is 0 Å². The van der Waals surface area contributed by atoms with Gasteiger partial charge in [-0.3, -0.25) is 15.0 Å². The molecule has 6 atom stereocenters. The van der Waals surface area contributed by atoms with E-state index in [-0.39, 0.29) is 81.1 Å². The summed E-state index contributed by atoms with van der Waals surface area (Å²) in [5.74, 6) is -0.811. The number of oxime groups is 1. The molecule has 2 heterocycles. The Morgan fingerprint density at radius 2 is 1.76 bits per heavy atom. The Balaban J connectivity index is 1.43. The summed E-state index contributed by atoms with van der Waals surface area (Å²) in [5, 5.41) is 46.7. The third-order valence-corrected chi connectivity index (χ3v) is 11.6. The van der Waals surface area contributed by atoms with Crippen LogP contribution in [0.15, 0.2) is 90.1 Å². The van der Waals surface area contributed by atoms with Crippen LogP contribution in [0.3, 0.4) is 0 Å². The first kappa shape index (κ1) is 41.5. The van der Waals surface area contributed by atoms with Gasteiger partial charge in [0.25, 0.3) is 5.69 Å². The molecule has 0 aromatic heterocycles. The average Bonchev–Trinajstić information content (AvgIpc) is 3.71. The maximum atomic E-state index is 14.9. The highest BCUT2D eigenvalue weighted by molar-refractivity contribution is 6.03. The van der Waals surface area contributed by atoms with Crippen LogP contribution >= 0.6 is 0 Å². The number of phenolic OH excluding ortho intramolecular Hbond substituents is 1. The largest absolute Gasteiger partial charge is 0.508 e. The number of benzene rings is 3. The van der Waals surface area contributed by atoms with E-state index in [1.807, 2.05) is 13.0 Å². The second-order valence-electron chi connectivity index (χ2n) is 15.1. The molecule has 15 heteroatoms. The lowest BCUT2D eigenvalue weighted by atomic mass is 9.55. The molecule has 59 heavy (non-hydrogen) atoms. The summed E-state index contributed by atoms with van der Waals surface area (Å²) in [6.07, 6.45) is 7.45. The number of ether oxygens (including phenoxy) is 5. The fourth-order valence-electron chi connectivity index (χ4n) is 9.13. The van der Waals surface area contributed by atoms with Crippen molar-refractivity contribution in [3.63, 3.8) is 0 Å². The van der Waals surface area contributed by atoms with E-state index in [0.29, 0.717) is 41.4 Å². The number of aromatic hydroxyl groups is 1. The molecule has 0 saturated heterocycles. The molecule has 1 saturated carbocycles. The van der Waals surface area contributed by atoms with Crippen LogP contribution in [-0.2, 0) is 16.1 Å². The number of nitrogens with zero attached hydrogens (tertiary/aromatic N) is 3. The predicted molar refractivity (Wildman–Crippen MR) is 215 cm³/mol. The summed E-state index contributed by atoms with van der Waals surface area (Å²) in [6.45, 7) is 6.30. The molecule has 6 unspecified atom stereocenters. The third-order valence-electron chi connectivity index (χ3n) is 11.6. The lowest BCUT2D eigenvalue weighted by Gasteiger charge is -2.59. The third kappa shape index (κ3) is 8.59. The van der Waals surface area contributed by atoms with E-state index in [9.17, 15) is 30.2 Å². The number of fused-ring (bicyclic) bond motifs is 3. The molecule has 4 aliphatic rings. The van der Waals surface area contributed by atoms with Gasteiger partial charge < -0.3 is 43.8 Å². The highest BCUT2D eigenvalue weighted by Crippen LogP contribution is 2.62. The van der Waals surface area contributed by atoms with Gasteiger partial charge in [0.1, 0.15) is 29.9 Å². The average molecular weight is 814 g/mol. The fraction of sp³-hybridized carbons (Fsp3) is 0.455. The van der Waals surface area contributed by atoms with Crippen molar-refractivity contribution in [2.24, 2.45) is 22.9 Å². The molecule has 314 valence electrons. The lowest BCUT2D eigenvalue weighted by molar-refractivity contribution is -0.384. The number of unbranched alkanes of at least 4 members (excludes halogenated alkanes) is 2. The van der Waals surface area contributed by atoms with Crippen LogP contribution in [0.4, 0.5) is 10.5 Å². The number of allylic oxidation sites excluding steroid dienone is 1. The van der Waals surface area contributed by atoms with Crippen LogP contribution in [-0.4, -0.2) is 82.0 Å². The zero-order chi connectivity index (χ0) is 41.5. The number of hydrogen-bond donors (Lipinski definition) is 3. The van der Waals surface area contributed by atoms with Crippen LogP contribution < -0.4 is 18.9 Å². The number of carbonyl (C=O) groups is 1. The number of aliphatic hydroxyl groups is 2. The molecule has 2 aliphatic heterocycles. The summed E-state index contributed by atoms with van der Waals surface area (Å²) in [6, 6.07) is 14.8. The zero-order valence-corrected chi connectivity index (χ0v) is 33.1. The Kier molecular flexibility index (Phi) is 13.0. The van der Waals surface area contributed by atoms with Crippen molar-refractivity contribution in [2.45, 2.75) is 76.2 Å². The number of carbonyl (C=O) groups excluding carboxylic acids is 1. The SMILES string of the molecule is C=CCOC12Oc3ccc(O)cc3C3C(CCCCO)C(CCCCO)C=C(C(=NOCC)CC1N(Cc1ccc4c(c1)OCO4)C(=O)Oc1ccc([N+](=O)[O-])cc1)C32. The van der Waals surface area contributed by atoms with Crippen LogP contribution in [0.1, 0.15) is 68.9 Å². The van der Waals surface area contributed by atoms with Gasteiger partial charge in [0.2, 0.25) is 12.6 Å². The van der Waals surface area contributed by atoms with Crippen LogP contribution in [0.5, 0.6) is 28.7 Å². The minimum Gasteiger partial charge on any atom is -0.508 e. The summed E-state index contributed by atoms with van der Waals surface area (Å²) in [7, 11) is 0. The monoisotopic (exact) mass is 813 g/mol. The van der Waals surface area contributed by atoms with E-state index in [1.165, 1.54) is 29.2 Å². The molecule has 2 aliphatic carbocycles. The number of phenols is 1.